The van der Waals surface area contributed by atoms with E-state index in [1.807, 2.05) is 26.8 Å². The fraction of sp³-hybridized carbons (Fsp3) is 0.490. The van der Waals surface area contributed by atoms with Gasteiger partial charge >= 0.3 is 352 Å². The van der Waals surface area contributed by atoms with Crippen molar-refractivity contribution >= 4 is 49.3 Å². The molecule has 0 fully saturated rings. The number of benzene rings is 5. The van der Waals surface area contributed by atoms with Crippen LogP contribution >= 0.6 is 7.28 Å². The van der Waals surface area contributed by atoms with Gasteiger partial charge in [0.1, 0.15) is 0 Å². The molecule has 5 nitrogen and oxygen atoms in total. The Morgan fingerprint density at radius 3 is 1.19 bits per heavy atom. The zero-order valence-electron chi connectivity index (χ0n) is 38.9. The maximum absolute atomic E-state index is 13.3. The molecule has 5 rings (SSSR count). The van der Waals surface area contributed by atoms with Gasteiger partial charge in [0.25, 0.3) is 0 Å². The molecule has 0 aliphatic heterocycles. The van der Waals surface area contributed by atoms with E-state index in [0.717, 1.165) is 44.5 Å². The van der Waals surface area contributed by atoms with E-state index in [9.17, 15) is 23.1 Å². The second kappa shape index (κ2) is 13.7. The van der Waals surface area contributed by atoms with Crippen LogP contribution < -0.4 is 10.6 Å². The molecule has 7 heteroatoms. The van der Waals surface area contributed by atoms with Crippen LogP contribution in [0.3, 0.4) is 0 Å². The van der Waals surface area contributed by atoms with Crippen molar-refractivity contribution in [2.45, 2.75) is 162 Å². The van der Waals surface area contributed by atoms with Crippen molar-refractivity contribution in [1.82, 2.24) is 0 Å². The summed E-state index contributed by atoms with van der Waals surface area (Å²) < 4.78 is 26.6. The molecule has 5 aromatic carbocycles. The van der Waals surface area contributed by atoms with E-state index in [1.165, 1.54) is 29.3 Å². The molecule has 0 spiro atoms. The third-order valence-electron chi connectivity index (χ3n) is 11.7. The van der Waals surface area contributed by atoms with Gasteiger partial charge in [-0.15, -0.1) is 0 Å². The van der Waals surface area contributed by atoms with Crippen molar-refractivity contribution in [2.24, 2.45) is 0 Å². The number of fused-ring (bicyclic) bond motifs is 2. The second-order valence-corrected chi connectivity index (χ2v) is 28.1. The molecule has 0 amide bonds. The Bertz CT molecular complexity index is 2560. The summed E-state index contributed by atoms with van der Waals surface area (Å²) in [5.41, 5.74) is 5.03. The molecule has 58 heavy (non-hydrogen) atoms. The van der Waals surface area contributed by atoms with Crippen LogP contribution in [-0.2, 0) is 42.3 Å². The van der Waals surface area contributed by atoms with Gasteiger partial charge in [0.05, 0.1) is 0 Å². The molecule has 0 radical (unpaired) electrons. The molecule has 0 aliphatic carbocycles. The summed E-state index contributed by atoms with van der Waals surface area (Å²) in [4.78, 5) is 39.5. The molecule has 0 saturated heterocycles. The number of hydrogen-bond acceptors (Lipinski definition) is 5. The van der Waals surface area contributed by atoms with Crippen LogP contribution in [0.4, 0.5) is 0 Å². The first kappa shape index (κ1) is 46.0. The van der Waals surface area contributed by atoms with Crippen molar-refractivity contribution in [3.8, 4) is 11.1 Å². The summed E-state index contributed by atoms with van der Waals surface area (Å²) in [5, 5.41) is 3.78. The first-order chi connectivity index (χ1) is 25.7. The van der Waals surface area contributed by atoms with E-state index >= 15 is 0 Å². The van der Waals surface area contributed by atoms with Gasteiger partial charge < -0.3 is 0 Å². The van der Waals surface area contributed by atoms with E-state index in [0.29, 0.717) is 11.1 Å². The Hall–Kier alpha value is -3.12. The zero-order chi connectivity index (χ0) is 44.4. The number of hydrogen-bond donors (Lipinski definition) is 3. The predicted octanol–water partition coefficient (Wildman–Crippen LogP) is 12.1. The van der Waals surface area contributed by atoms with Crippen LogP contribution in [0, 0.1) is 0 Å². The Morgan fingerprint density at radius 1 is 0.414 bits per heavy atom. The van der Waals surface area contributed by atoms with Crippen molar-refractivity contribution in [3.05, 3.63) is 100 Å². The van der Waals surface area contributed by atoms with Gasteiger partial charge in [0, 0.05) is 0 Å². The molecule has 316 valence electrons. The summed E-state index contributed by atoms with van der Waals surface area (Å²) in [6.07, 6.45) is 1.15. The molecular weight excluding hydrogens is 756 g/mol. The van der Waals surface area contributed by atoms with E-state index in [4.69, 9.17) is 0 Å². The quantitative estimate of drug-likeness (QED) is 0.157. The van der Waals surface area contributed by atoms with Gasteiger partial charge in [-0.3, -0.25) is 0 Å². The van der Waals surface area contributed by atoms with Crippen LogP contribution in [0.2, 0.25) is 0 Å². The summed E-state index contributed by atoms with van der Waals surface area (Å²) in [5.74, 6) is 0. The summed E-state index contributed by atoms with van der Waals surface area (Å²) in [6.45, 7) is 38.6. The molecule has 0 saturated carbocycles. The maximum atomic E-state index is 13.3. The van der Waals surface area contributed by atoms with Crippen molar-refractivity contribution < 1.29 is 23.1 Å². The SMILES string of the molecule is CC(C)(C)c1cc(C(C)(C)C)c2cc(-c3cc(S(C)(=O)=O)ccc3P(O)(O)(O)c3cc4c(C(C)(C)C)cc(C(C)(C)C)cc4cc3C(C)(C)C)c(C(C)(C)C)cc2c1. The first-order valence-electron chi connectivity index (χ1n) is 20.6. The van der Waals surface area contributed by atoms with Crippen LogP contribution in [0.5, 0.6) is 0 Å². The average Bonchev–Trinajstić information content (AvgIpc) is 3.02. The fourth-order valence-corrected chi connectivity index (χ4v) is 11.2. The van der Waals surface area contributed by atoms with E-state index in [1.54, 1.807) is 6.07 Å². The zero-order valence-corrected chi connectivity index (χ0v) is 40.6. The molecule has 3 N–H and O–H groups in total. The van der Waals surface area contributed by atoms with Crippen molar-refractivity contribution in [3.63, 3.8) is 0 Å². The third kappa shape index (κ3) is 8.70. The van der Waals surface area contributed by atoms with Gasteiger partial charge in [-0.05, 0) is 0 Å². The van der Waals surface area contributed by atoms with Gasteiger partial charge in [-0.1, -0.05) is 0 Å². The molecule has 0 aromatic heterocycles. The molecule has 0 unspecified atom stereocenters. The van der Waals surface area contributed by atoms with Crippen LogP contribution in [-0.4, -0.2) is 29.4 Å². The molecule has 0 bridgehead atoms. The van der Waals surface area contributed by atoms with Gasteiger partial charge in [-0.2, -0.15) is 0 Å². The molecule has 5 aromatic rings. The normalized spacial score (nSPS) is 14.9. The molecule has 0 atom stereocenters. The topological polar surface area (TPSA) is 94.8 Å². The minimum atomic E-state index is -6.12. The van der Waals surface area contributed by atoms with Crippen LogP contribution in [0.25, 0.3) is 32.7 Å². The standard InChI is InChI=1S/C51H71O5PS/c1-46(2,3)33-22-31-24-40(48(7,8)9)38(29-36(31)41(26-33)49(10,11)12)39-28-35(58(19,55)56)20-21-44(39)57(52,53,54)45-30-37-32(25-43(45)51(16,17)18)23-34(47(4,5)6)27-42(37)50(13,14)15/h20-30,52-54H,1-19H3. The van der Waals surface area contributed by atoms with Crippen LogP contribution in [0.15, 0.2) is 71.6 Å². The average molecular weight is 827 g/mol. The van der Waals surface area contributed by atoms with Crippen molar-refractivity contribution in [2.75, 3.05) is 6.26 Å². The summed E-state index contributed by atoms with van der Waals surface area (Å²) >= 11 is 0. The second-order valence-electron chi connectivity index (χ2n) is 23.2. The summed E-state index contributed by atoms with van der Waals surface area (Å²) in [7, 11) is -9.88. The minimum absolute atomic E-state index is 0.0246. The molecule has 0 heterocycles. The fourth-order valence-electron chi connectivity index (χ4n) is 8.15. The number of sulfone groups is 1. The first-order valence-corrected chi connectivity index (χ1v) is 24.6. The van der Waals surface area contributed by atoms with Gasteiger partial charge in [0.15, 0.2) is 0 Å². The van der Waals surface area contributed by atoms with E-state index in [2.05, 4.69) is 140 Å². The monoisotopic (exact) mass is 826 g/mol. The van der Waals surface area contributed by atoms with Crippen LogP contribution in [0.1, 0.15) is 158 Å². The Balaban J connectivity index is 2.04. The van der Waals surface area contributed by atoms with Crippen molar-refractivity contribution in [1.29, 1.82) is 0 Å². The Morgan fingerprint density at radius 2 is 0.810 bits per heavy atom. The third-order valence-corrected chi connectivity index (χ3v) is 15.3. The van der Waals surface area contributed by atoms with Gasteiger partial charge in [-0.25, -0.2) is 0 Å². The van der Waals surface area contributed by atoms with E-state index < -0.39 is 28.0 Å². The molecule has 0 aliphatic rings. The molecular formula is C51H71O5PS. The summed E-state index contributed by atoms with van der Waals surface area (Å²) in [6, 6.07) is 21.3. The predicted molar refractivity (Wildman–Crippen MR) is 251 cm³/mol. The van der Waals surface area contributed by atoms with E-state index in [-0.39, 0.29) is 42.7 Å². The Kier molecular flexibility index (Phi) is 10.9. The number of rotatable bonds is 4. The van der Waals surface area contributed by atoms with Gasteiger partial charge in [0.2, 0.25) is 0 Å². The Labute approximate surface area is 350 Å².